The number of halogens is 2. The number of carbonyl (C=O) groups is 1. The van der Waals surface area contributed by atoms with E-state index in [1.165, 1.54) is 24.5 Å². The predicted molar refractivity (Wildman–Crippen MR) is 128 cm³/mol. The van der Waals surface area contributed by atoms with Gasteiger partial charge >= 0.3 is 6.03 Å². The van der Waals surface area contributed by atoms with Crippen LogP contribution in [-0.2, 0) is 0 Å². The number of hydrogen-bond acceptors (Lipinski definition) is 6. The smallest absolute Gasteiger partial charge is 0.323 e. The minimum atomic E-state index is -0.562. The molecule has 8 nitrogen and oxygen atoms in total. The number of anilines is 2. The maximum atomic E-state index is 13.3. The number of benzene rings is 3. The first-order chi connectivity index (χ1) is 16.4. The van der Waals surface area contributed by atoms with Crippen LogP contribution in [-0.4, -0.2) is 30.2 Å². The zero-order valence-electron chi connectivity index (χ0n) is 18.5. The van der Waals surface area contributed by atoms with Crippen LogP contribution in [0.1, 0.15) is 5.56 Å². The molecule has 0 aliphatic heterocycles. The number of amides is 2. The molecule has 10 heteroatoms. The number of nitrogens with zero attached hydrogens (tertiary/aromatic N) is 2. The number of nitrogens with one attached hydrogen (secondary N) is 2. The highest BCUT2D eigenvalue weighted by molar-refractivity contribution is 6.31. The molecule has 2 amide bonds. The zero-order chi connectivity index (χ0) is 24.2. The summed E-state index contributed by atoms with van der Waals surface area (Å²) >= 11 is 5.75. The molecule has 3 aromatic carbocycles. The quantitative estimate of drug-likeness (QED) is 0.340. The molecule has 0 unspecified atom stereocenters. The summed E-state index contributed by atoms with van der Waals surface area (Å²) in [5.41, 5.74) is 2.32. The third-order valence-corrected chi connectivity index (χ3v) is 5.23. The molecule has 34 heavy (non-hydrogen) atoms. The molecular formula is C24H20ClFN4O4. The number of aryl methyl sites for hydroxylation is 1. The molecule has 4 rings (SSSR count). The SMILES string of the molecule is COc1cc2ncnc(Oc3ccc(NC(=O)Nc4ccc(F)c(Cl)c4)c(C)c3)c2cc1OC. The lowest BCUT2D eigenvalue weighted by molar-refractivity contribution is 0.262. The van der Waals surface area contributed by atoms with Gasteiger partial charge in [-0.15, -0.1) is 0 Å². The summed E-state index contributed by atoms with van der Waals surface area (Å²) in [4.78, 5) is 20.8. The van der Waals surface area contributed by atoms with E-state index >= 15 is 0 Å². The summed E-state index contributed by atoms with van der Waals surface area (Å²) < 4.78 is 30.0. The number of urea groups is 1. The van der Waals surface area contributed by atoms with Gasteiger partial charge in [-0.05, 0) is 55.0 Å². The van der Waals surface area contributed by atoms with E-state index in [2.05, 4.69) is 20.6 Å². The van der Waals surface area contributed by atoms with Gasteiger partial charge in [0.2, 0.25) is 5.88 Å². The summed E-state index contributed by atoms with van der Waals surface area (Å²) in [5.74, 6) is 1.37. The van der Waals surface area contributed by atoms with Gasteiger partial charge in [-0.25, -0.2) is 19.2 Å². The van der Waals surface area contributed by atoms with Crippen LogP contribution in [0.25, 0.3) is 10.9 Å². The molecule has 0 spiro atoms. The highest BCUT2D eigenvalue weighted by Crippen LogP contribution is 2.36. The third kappa shape index (κ3) is 4.94. The second kappa shape index (κ2) is 9.80. The molecule has 174 valence electrons. The molecule has 0 fully saturated rings. The Balaban J connectivity index is 1.51. The van der Waals surface area contributed by atoms with Crippen LogP contribution < -0.4 is 24.8 Å². The van der Waals surface area contributed by atoms with Crippen molar-refractivity contribution in [3.05, 3.63) is 71.3 Å². The molecule has 0 radical (unpaired) electrons. The van der Waals surface area contributed by atoms with Crippen molar-refractivity contribution in [3.8, 4) is 23.1 Å². The summed E-state index contributed by atoms with van der Waals surface area (Å²) in [6, 6.07) is 12.1. The Morgan fingerprint density at radius 3 is 2.44 bits per heavy atom. The number of hydrogen-bond donors (Lipinski definition) is 2. The van der Waals surface area contributed by atoms with Crippen molar-refractivity contribution in [3.63, 3.8) is 0 Å². The van der Waals surface area contributed by atoms with E-state index in [-0.39, 0.29) is 5.02 Å². The van der Waals surface area contributed by atoms with Gasteiger partial charge in [0.15, 0.2) is 11.5 Å². The van der Waals surface area contributed by atoms with Crippen LogP contribution in [0.15, 0.2) is 54.9 Å². The van der Waals surface area contributed by atoms with E-state index in [1.54, 1.807) is 44.6 Å². The zero-order valence-corrected chi connectivity index (χ0v) is 19.2. The summed E-state index contributed by atoms with van der Waals surface area (Å²) in [6.45, 7) is 1.82. The lowest BCUT2D eigenvalue weighted by Gasteiger charge is -2.13. The molecular weight excluding hydrogens is 463 g/mol. The maximum Gasteiger partial charge on any atom is 0.323 e. The maximum absolute atomic E-state index is 13.3. The van der Waals surface area contributed by atoms with Gasteiger partial charge in [0.1, 0.15) is 17.9 Å². The Bertz CT molecular complexity index is 1380. The van der Waals surface area contributed by atoms with Crippen LogP contribution in [0.2, 0.25) is 5.02 Å². The molecule has 2 N–H and O–H groups in total. The van der Waals surface area contributed by atoms with E-state index in [4.69, 9.17) is 25.8 Å². The number of fused-ring (bicyclic) bond motifs is 1. The number of ether oxygens (including phenoxy) is 3. The molecule has 0 saturated heterocycles. The molecule has 0 saturated carbocycles. The van der Waals surface area contributed by atoms with E-state index < -0.39 is 11.8 Å². The summed E-state index contributed by atoms with van der Waals surface area (Å²) in [6.07, 6.45) is 1.40. The molecule has 0 atom stereocenters. The second-order valence-electron chi connectivity index (χ2n) is 7.19. The highest BCUT2D eigenvalue weighted by Gasteiger charge is 2.13. The van der Waals surface area contributed by atoms with Crippen molar-refractivity contribution in [2.45, 2.75) is 6.92 Å². The molecule has 0 aliphatic rings. The summed E-state index contributed by atoms with van der Waals surface area (Å²) in [5, 5.41) is 5.92. The van der Waals surface area contributed by atoms with Gasteiger partial charge in [-0.3, -0.25) is 0 Å². The number of methoxy groups -OCH3 is 2. The molecule has 1 heterocycles. The number of rotatable bonds is 6. The van der Waals surface area contributed by atoms with Crippen molar-refractivity contribution >= 4 is 39.9 Å². The van der Waals surface area contributed by atoms with Gasteiger partial charge in [0.25, 0.3) is 0 Å². The van der Waals surface area contributed by atoms with Crippen molar-refractivity contribution in [1.29, 1.82) is 0 Å². The van der Waals surface area contributed by atoms with Crippen LogP contribution in [0.5, 0.6) is 23.1 Å². The van der Waals surface area contributed by atoms with E-state index in [0.717, 1.165) is 5.56 Å². The highest BCUT2D eigenvalue weighted by atomic mass is 35.5. The van der Waals surface area contributed by atoms with Gasteiger partial charge in [0, 0.05) is 17.4 Å². The molecule has 4 aromatic rings. The first kappa shape index (κ1) is 23.1. The average molecular weight is 483 g/mol. The molecule has 1 aromatic heterocycles. The standard InChI is InChI=1S/C24H20ClFN4O4/c1-13-8-15(5-7-19(13)30-24(31)29-14-4-6-18(26)17(25)9-14)34-23-16-10-21(32-2)22(33-3)11-20(16)27-12-28-23/h4-12H,1-3H3,(H2,29,30,31). The Kier molecular flexibility index (Phi) is 6.65. The van der Waals surface area contributed by atoms with Crippen LogP contribution in [0, 0.1) is 12.7 Å². The van der Waals surface area contributed by atoms with Crippen LogP contribution in [0.3, 0.4) is 0 Å². The van der Waals surface area contributed by atoms with Crippen molar-refractivity contribution in [1.82, 2.24) is 9.97 Å². The van der Waals surface area contributed by atoms with Crippen molar-refractivity contribution < 1.29 is 23.4 Å². The summed E-state index contributed by atoms with van der Waals surface area (Å²) in [7, 11) is 3.10. The van der Waals surface area contributed by atoms with Crippen molar-refractivity contribution in [2.24, 2.45) is 0 Å². The largest absolute Gasteiger partial charge is 0.493 e. The Morgan fingerprint density at radius 2 is 1.74 bits per heavy atom. The lowest BCUT2D eigenvalue weighted by atomic mass is 10.2. The fourth-order valence-corrected chi connectivity index (χ4v) is 3.43. The lowest BCUT2D eigenvalue weighted by Crippen LogP contribution is -2.20. The van der Waals surface area contributed by atoms with E-state index in [1.807, 2.05) is 6.92 Å². The first-order valence-corrected chi connectivity index (χ1v) is 10.4. The predicted octanol–water partition coefficient (Wildman–Crippen LogP) is 6.18. The van der Waals surface area contributed by atoms with Gasteiger partial charge in [-0.1, -0.05) is 11.6 Å². The first-order valence-electron chi connectivity index (χ1n) is 10.1. The minimum Gasteiger partial charge on any atom is -0.493 e. The normalized spacial score (nSPS) is 10.6. The molecule has 0 aliphatic carbocycles. The topological polar surface area (TPSA) is 94.6 Å². The fourth-order valence-electron chi connectivity index (χ4n) is 3.25. The van der Waals surface area contributed by atoms with Gasteiger partial charge < -0.3 is 24.8 Å². The molecule has 0 bridgehead atoms. The van der Waals surface area contributed by atoms with Crippen LogP contribution in [0.4, 0.5) is 20.6 Å². The Labute approximate surface area is 199 Å². The minimum absolute atomic E-state index is 0.0798. The van der Waals surface area contributed by atoms with E-state index in [0.29, 0.717) is 45.4 Å². The average Bonchev–Trinajstić information content (AvgIpc) is 2.82. The number of aromatic nitrogens is 2. The monoisotopic (exact) mass is 482 g/mol. The second-order valence-corrected chi connectivity index (χ2v) is 7.60. The van der Waals surface area contributed by atoms with Gasteiger partial charge in [-0.2, -0.15) is 0 Å². The van der Waals surface area contributed by atoms with Gasteiger partial charge in [0.05, 0.1) is 30.1 Å². The third-order valence-electron chi connectivity index (χ3n) is 4.94. The van der Waals surface area contributed by atoms with Crippen LogP contribution >= 0.6 is 11.6 Å². The van der Waals surface area contributed by atoms with E-state index in [9.17, 15) is 9.18 Å². The fraction of sp³-hybridized carbons (Fsp3) is 0.125. The Hall–Kier alpha value is -4.11. The Morgan fingerprint density at radius 1 is 0.971 bits per heavy atom. The number of carbonyl (C=O) groups excluding carboxylic acids is 1. The van der Waals surface area contributed by atoms with Crippen molar-refractivity contribution in [2.75, 3.05) is 24.9 Å².